The summed E-state index contributed by atoms with van der Waals surface area (Å²) in [5, 5.41) is 4.70. The van der Waals surface area contributed by atoms with Gasteiger partial charge in [0.2, 0.25) is 0 Å². The molecule has 2 saturated heterocycles. The van der Waals surface area contributed by atoms with Crippen LogP contribution in [0.25, 0.3) is 5.69 Å². The molecule has 3 aromatic rings. The second kappa shape index (κ2) is 11.6. The van der Waals surface area contributed by atoms with Crippen molar-refractivity contribution >= 4 is 17.8 Å². The molecule has 40 heavy (non-hydrogen) atoms. The van der Waals surface area contributed by atoms with Crippen LogP contribution in [-0.4, -0.2) is 88.5 Å². The number of rotatable bonds is 5. The van der Waals surface area contributed by atoms with Crippen molar-refractivity contribution in [3.63, 3.8) is 0 Å². The number of carbonyl (C=O) groups is 2. The van der Waals surface area contributed by atoms with Crippen LogP contribution in [0.5, 0.6) is 5.75 Å². The molecule has 5 rings (SSSR count). The maximum atomic E-state index is 13.9. The Kier molecular flexibility index (Phi) is 7.95. The van der Waals surface area contributed by atoms with E-state index in [0.29, 0.717) is 31.7 Å². The van der Waals surface area contributed by atoms with Crippen molar-refractivity contribution in [2.75, 3.05) is 51.3 Å². The zero-order valence-corrected chi connectivity index (χ0v) is 23.7. The molecule has 0 spiro atoms. The first-order valence-electron chi connectivity index (χ1n) is 13.9. The van der Waals surface area contributed by atoms with E-state index in [0.717, 1.165) is 48.9 Å². The molecule has 2 aromatic heterocycles. The fourth-order valence-corrected chi connectivity index (χ4v) is 5.36. The van der Waals surface area contributed by atoms with E-state index in [1.165, 1.54) is 0 Å². The SMILES string of the molecule is COc1ccc(-n2ncc(C(=O)N3CCN(c4ccccn4)CC3)c2C2CCN(C(=O)OC(C)(C)C)CC2)cc1. The van der Waals surface area contributed by atoms with Gasteiger partial charge in [-0.15, -0.1) is 0 Å². The van der Waals surface area contributed by atoms with Crippen LogP contribution in [0, 0.1) is 0 Å². The molecule has 0 aliphatic carbocycles. The van der Waals surface area contributed by atoms with Crippen molar-refractivity contribution in [2.24, 2.45) is 0 Å². The lowest BCUT2D eigenvalue weighted by atomic mass is 9.90. The number of hydrogen-bond donors (Lipinski definition) is 0. The van der Waals surface area contributed by atoms with Crippen molar-refractivity contribution in [1.29, 1.82) is 0 Å². The van der Waals surface area contributed by atoms with Crippen LogP contribution in [0.4, 0.5) is 10.6 Å². The summed E-state index contributed by atoms with van der Waals surface area (Å²) in [6.45, 7) is 9.40. The predicted octanol–water partition coefficient (Wildman–Crippen LogP) is 4.35. The second-order valence-electron chi connectivity index (χ2n) is 11.3. The summed E-state index contributed by atoms with van der Waals surface area (Å²) in [4.78, 5) is 36.9. The van der Waals surface area contributed by atoms with Crippen molar-refractivity contribution in [3.05, 3.63) is 66.1 Å². The Bertz CT molecular complexity index is 1300. The van der Waals surface area contributed by atoms with E-state index in [4.69, 9.17) is 14.6 Å². The Labute approximate surface area is 235 Å². The van der Waals surface area contributed by atoms with Crippen molar-refractivity contribution < 1.29 is 19.1 Å². The number of anilines is 1. The molecule has 0 radical (unpaired) electrons. The Hall–Kier alpha value is -4.08. The lowest BCUT2D eigenvalue weighted by molar-refractivity contribution is 0.0203. The van der Waals surface area contributed by atoms with E-state index in [2.05, 4.69) is 9.88 Å². The van der Waals surface area contributed by atoms with Crippen LogP contribution in [0.2, 0.25) is 0 Å². The summed E-state index contributed by atoms with van der Waals surface area (Å²) in [6, 6.07) is 13.6. The number of pyridine rings is 1. The van der Waals surface area contributed by atoms with Gasteiger partial charge >= 0.3 is 6.09 Å². The molecule has 0 saturated carbocycles. The molecule has 0 unspecified atom stereocenters. The van der Waals surface area contributed by atoms with Gasteiger partial charge in [0.15, 0.2) is 0 Å². The molecular weight excluding hydrogens is 508 g/mol. The molecule has 2 amide bonds. The minimum absolute atomic E-state index is 0.00926. The maximum Gasteiger partial charge on any atom is 0.410 e. The van der Waals surface area contributed by atoms with E-state index in [-0.39, 0.29) is 17.9 Å². The number of piperidine rings is 1. The molecule has 1 aromatic carbocycles. The number of carbonyl (C=O) groups excluding carboxylic acids is 2. The Balaban J connectivity index is 1.37. The fourth-order valence-electron chi connectivity index (χ4n) is 5.36. The molecule has 0 bridgehead atoms. The fraction of sp³-hybridized carbons (Fsp3) is 0.467. The van der Waals surface area contributed by atoms with Gasteiger partial charge in [0.25, 0.3) is 5.91 Å². The number of hydrogen-bond acceptors (Lipinski definition) is 7. The van der Waals surface area contributed by atoms with E-state index < -0.39 is 5.60 Å². The minimum Gasteiger partial charge on any atom is -0.497 e. The zero-order valence-electron chi connectivity index (χ0n) is 23.7. The van der Waals surface area contributed by atoms with E-state index in [1.54, 1.807) is 24.4 Å². The molecule has 2 aliphatic heterocycles. The second-order valence-corrected chi connectivity index (χ2v) is 11.3. The van der Waals surface area contributed by atoms with Crippen molar-refractivity contribution in [2.45, 2.75) is 45.1 Å². The van der Waals surface area contributed by atoms with Crippen molar-refractivity contribution in [3.8, 4) is 11.4 Å². The topological polar surface area (TPSA) is 93.0 Å². The highest BCUT2D eigenvalue weighted by Gasteiger charge is 2.34. The number of ether oxygens (including phenoxy) is 2. The number of amides is 2. The normalized spacial score (nSPS) is 16.6. The number of aromatic nitrogens is 3. The average Bonchev–Trinajstić information content (AvgIpc) is 3.42. The van der Waals surface area contributed by atoms with E-state index >= 15 is 0 Å². The molecule has 2 aliphatic rings. The van der Waals surface area contributed by atoms with Crippen LogP contribution in [0.15, 0.2) is 54.9 Å². The third-order valence-electron chi connectivity index (χ3n) is 7.43. The van der Waals surface area contributed by atoms with Crippen LogP contribution < -0.4 is 9.64 Å². The summed E-state index contributed by atoms with van der Waals surface area (Å²) in [6.07, 6.45) is 4.63. The first-order valence-corrected chi connectivity index (χ1v) is 13.9. The third-order valence-corrected chi connectivity index (χ3v) is 7.43. The minimum atomic E-state index is -0.541. The summed E-state index contributed by atoms with van der Waals surface area (Å²) in [7, 11) is 1.64. The monoisotopic (exact) mass is 546 g/mol. The Morgan fingerprint density at radius 2 is 1.60 bits per heavy atom. The van der Waals surface area contributed by atoms with Gasteiger partial charge in [0.1, 0.15) is 17.2 Å². The van der Waals surface area contributed by atoms with Crippen LogP contribution in [-0.2, 0) is 4.74 Å². The van der Waals surface area contributed by atoms with Gasteiger partial charge in [0.05, 0.1) is 30.3 Å². The van der Waals surface area contributed by atoms with Crippen LogP contribution in [0.3, 0.4) is 0 Å². The number of nitrogens with zero attached hydrogens (tertiary/aromatic N) is 6. The highest BCUT2D eigenvalue weighted by Crippen LogP contribution is 2.34. The highest BCUT2D eigenvalue weighted by molar-refractivity contribution is 5.95. The maximum absolute atomic E-state index is 13.9. The molecule has 0 N–H and O–H groups in total. The van der Waals surface area contributed by atoms with Crippen LogP contribution >= 0.6 is 0 Å². The molecule has 10 heteroatoms. The molecule has 212 valence electrons. The predicted molar refractivity (Wildman–Crippen MR) is 152 cm³/mol. The van der Waals surface area contributed by atoms with Crippen molar-refractivity contribution in [1.82, 2.24) is 24.6 Å². The number of benzene rings is 1. The van der Waals surface area contributed by atoms with Gasteiger partial charge in [-0.1, -0.05) is 6.07 Å². The van der Waals surface area contributed by atoms with E-state index in [1.807, 2.05) is 72.8 Å². The van der Waals surface area contributed by atoms with Gasteiger partial charge in [-0.05, 0) is 70.0 Å². The average molecular weight is 547 g/mol. The van der Waals surface area contributed by atoms with Gasteiger partial charge in [0, 0.05) is 51.4 Å². The van der Waals surface area contributed by atoms with E-state index in [9.17, 15) is 9.59 Å². The summed E-state index contributed by atoms with van der Waals surface area (Å²) >= 11 is 0. The summed E-state index contributed by atoms with van der Waals surface area (Å²) in [5.41, 5.74) is 1.84. The quantitative estimate of drug-likeness (QED) is 0.470. The smallest absolute Gasteiger partial charge is 0.410 e. The third kappa shape index (κ3) is 6.05. The molecule has 10 nitrogen and oxygen atoms in total. The van der Waals surface area contributed by atoms with Gasteiger partial charge < -0.3 is 24.2 Å². The largest absolute Gasteiger partial charge is 0.497 e. The first-order chi connectivity index (χ1) is 19.2. The zero-order chi connectivity index (χ0) is 28.3. The number of piperazine rings is 1. The molecular formula is C30H38N6O4. The van der Waals surface area contributed by atoms with Gasteiger partial charge in [-0.2, -0.15) is 5.10 Å². The highest BCUT2D eigenvalue weighted by atomic mass is 16.6. The molecule has 4 heterocycles. The number of likely N-dealkylation sites (tertiary alicyclic amines) is 1. The number of methoxy groups -OCH3 is 1. The standard InChI is InChI=1S/C30H38N6O4/c1-30(2,3)40-29(38)35-15-12-22(13-16-35)27-25(21-32-36(27)23-8-10-24(39-4)11-9-23)28(37)34-19-17-33(18-20-34)26-7-5-6-14-31-26/h5-11,14,21-22H,12-13,15-20H2,1-4H3. The first kappa shape index (κ1) is 27.5. The lowest BCUT2D eigenvalue weighted by Crippen LogP contribution is -2.49. The molecule has 2 fully saturated rings. The Morgan fingerprint density at radius 3 is 2.20 bits per heavy atom. The lowest BCUT2D eigenvalue weighted by Gasteiger charge is -2.36. The Morgan fingerprint density at radius 1 is 0.900 bits per heavy atom. The summed E-state index contributed by atoms with van der Waals surface area (Å²) < 4.78 is 12.8. The summed E-state index contributed by atoms with van der Waals surface area (Å²) in [5.74, 6) is 1.74. The van der Waals surface area contributed by atoms with Gasteiger partial charge in [-0.3, -0.25) is 4.79 Å². The van der Waals surface area contributed by atoms with Crippen LogP contribution in [0.1, 0.15) is 55.6 Å². The van der Waals surface area contributed by atoms with Gasteiger partial charge in [-0.25, -0.2) is 14.5 Å². The molecule has 0 atom stereocenters.